The van der Waals surface area contributed by atoms with Crippen LogP contribution in [0, 0.1) is 0 Å². The predicted molar refractivity (Wildman–Crippen MR) is 107 cm³/mol. The fourth-order valence-corrected chi connectivity index (χ4v) is 4.14. The van der Waals surface area contributed by atoms with Gasteiger partial charge < -0.3 is 19.9 Å². The molecule has 0 atom stereocenters. The summed E-state index contributed by atoms with van der Waals surface area (Å²) < 4.78 is 7.44. The van der Waals surface area contributed by atoms with Crippen molar-refractivity contribution >= 4 is 44.7 Å². The molecule has 3 heterocycles. The van der Waals surface area contributed by atoms with Gasteiger partial charge in [0.05, 0.1) is 40.7 Å². The number of aryl methyl sites for hydroxylation is 1. The number of anilines is 2. The van der Waals surface area contributed by atoms with Crippen LogP contribution in [-0.4, -0.2) is 35.9 Å². The maximum atomic E-state index is 13.2. The van der Waals surface area contributed by atoms with Gasteiger partial charge in [0.1, 0.15) is 0 Å². The number of pyridine rings is 1. The van der Waals surface area contributed by atoms with Gasteiger partial charge in [0, 0.05) is 36.6 Å². The SMILES string of the molecule is CCn1cc(-c2csc(N)n2)c(=O)c2cc(N3CCOCC3)c(Cl)cc21. The molecule has 0 spiro atoms. The predicted octanol–water partition coefficient (Wildman–Crippen LogP) is 3.22. The molecule has 8 heteroatoms. The lowest BCUT2D eigenvalue weighted by atomic mass is 10.1. The molecule has 0 radical (unpaired) electrons. The van der Waals surface area contributed by atoms with E-state index in [0.29, 0.717) is 40.0 Å². The molecule has 0 saturated carbocycles. The van der Waals surface area contributed by atoms with Crippen molar-refractivity contribution in [3.63, 3.8) is 0 Å². The first-order chi connectivity index (χ1) is 12.6. The summed E-state index contributed by atoms with van der Waals surface area (Å²) in [5.74, 6) is 0. The molecule has 1 fully saturated rings. The highest BCUT2D eigenvalue weighted by molar-refractivity contribution is 7.13. The Labute approximate surface area is 159 Å². The zero-order valence-electron chi connectivity index (χ0n) is 14.4. The van der Waals surface area contributed by atoms with Crippen molar-refractivity contribution in [2.45, 2.75) is 13.5 Å². The number of benzene rings is 1. The van der Waals surface area contributed by atoms with Crippen LogP contribution in [0.3, 0.4) is 0 Å². The maximum Gasteiger partial charge on any atom is 0.198 e. The molecule has 0 bridgehead atoms. The van der Waals surface area contributed by atoms with Crippen LogP contribution < -0.4 is 16.1 Å². The second-order valence-corrected chi connectivity index (χ2v) is 7.45. The zero-order valence-corrected chi connectivity index (χ0v) is 15.9. The molecule has 0 aliphatic carbocycles. The van der Waals surface area contributed by atoms with E-state index in [2.05, 4.69) is 9.88 Å². The Balaban J connectivity index is 1.95. The number of halogens is 1. The summed E-state index contributed by atoms with van der Waals surface area (Å²) in [7, 11) is 0. The first-order valence-electron chi connectivity index (χ1n) is 8.49. The lowest BCUT2D eigenvalue weighted by Crippen LogP contribution is -2.36. The number of rotatable bonds is 3. The van der Waals surface area contributed by atoms with Gasteiger partial charge in [0.2, 0.25) is 0 Å². The normalized spacial score (nSPS) is 14.9. The van der Waals surface area contributed by atoms with Crippen LogP contribution in [0.2, 0.25) is 5.02 Å². The third-order valence-electron chi connectivity index (χ3n) is 4.64. The summed E-state index contributed by atoms with van der Waals surface area (Å²) in [5, 5.41) is 3.55. The van der Waals surface area contributed by atoms with E-state index in [-0.39, 0.29) is 5.43 Å². The van der Waals surface area contributed by atoms with Crippen molar-refractivity contribution < 1.29 is 4.74 Å². The molecule has 6 nitrogen and oxygen atoms in total. The number of fused-ring (bicyclic) bond motifs is 1. The second kappa shape index (κ2) is 6.90. The number of ether oxygens (including phenoxy) is 1. The summed E-state index contributed by atoms with van der Waals surface area (Å²) in [6, 6.07) is 3.78. The van der Waals surface area contributed by atoms with Crippen molar-refractivity contribution in [2.24, 2.45) is 0 Å². The molecule has 4 rings (SSSR count). The van der Waals surface area contributed by atoms with Gasteiger partial charge in [0.15, 0.2) is 10.6 Å². The molecule has 0 unspecified atom stereocenters. The molecular formula is C18H19ClN4O2S. The Bertz CT molecular complexity index is 1020. The van der Waals surface area contributed by atoms with Gasteiger partial charge in [-0.2, -0.15) is 0 Å². The molecule has 26 heavy (non-hydrogen) atoms. The van der Waals surface area contributed by atoms with Crippen molar-refractivity contribution in [3.05, 3.63) is 39.0 Å². The van der Waals surface area contributed by atoms with Gasteiger partial charge >= 0.3 is 0 Å². The van der Waals surface area contributed by atoms with E-state index in [0.717, 1.165) is 30.8 Å². The van der Waals surface area contributed by atoms with E-state index < -0.39 is 0 Å². The highest BCUT2D eigenvalue weighted by atomic mass is 35.5. The summed E-state index contributed by atoms with van der Waals surface area (Å²) >= 11 is 7.88. The minimum Gasteiger partial charge on any atom is -0.378 e. The van der Waals surface area contributed by atoms with Gasteiger partial charge in [-0.15, -0.1) is 11.3 Å². The van der Waals surface area contributed by atoms with Crippen LogP contribution in [-0.2, 0) is 11.3 Å². The molecule has 0 amide bonds. The molecular weight excluding hydrogens is 372 g/mol. The molecule has 1 aliphatic rings. The van der Waals surface area contributed by atoms with Crippen molar-refractivity contribution in [3.8, 4) is 11.3 Å². The van der Waals surface area contributed by atoms with Crippen LogP contribution in [0.5, 0.6) is 0 Å². The number of nitrogens with zero attached hydrogens (tertiary/aromatic N) is 3. The number of hydrogen-bond acceptors (Lipinski definition) is 6. The first-order valence-corrected chi connectivity index (χ1v) is 9.75. The summed E-state index contributed by atoms with van der Waals surface area (Å²) in [4.78, 5) is 19.6. The summed E-state index contributed by atoms with van der Waals surface area (Å²) in [5.41, 5.74) is 8.57. The van der Waals surface area contributed by atoms with Gasteiger partial charge in [-0.1, -0.05) is 11.6 Å². The Morgan fingerprint density at radius 2 is 2.12 bits per heavy atom. The van der Waals surface area contributed by atoms with Crippen LogP contribution in [0.4, 0.5) is 10.8 Å². The van der Waals surface area contributed by atoms with Gasteiger partial charge in [0.25, 0.3) is 0 Å². The van der Waals surface area contributed by atoms with Crippen molar-refractivity contribution in [2.75, 3.05) is 36.9 Å². The average molecular weight is 391 g/mol. The molecule has 1 aromatic carbocycles. The first kappa shape index (κ1) is 17.3. The highest BCUT2D eigenvalue weighted by Crippen LogP contribution is 2.32. The van der Waals surface area contributed by atoms with E-state index >= 15 is 0 Å². The van der Waals surface area contributed by atoms with E-state index in [1.807, 2.05) is 35.2 Å². The van der Waals surface area contributed by atoms with Crippen LogP contribution in [0.25, 0.3) is 22.2 Å². The third kappa shape index (κ3) is 2.96. The smallest absolute Gasteiger partial charge is 0.198 e. The molecule has 2 N–H and O–H groups in total. The molecule has 136 valence electrons. The molecule has 1 aliphatic heterocycles. The average Bonchev–Trinajstić information content (AvgIpc) is 3.08. The number of hydrogen-bond donors (Lipinski definition) is 1. The number of aromatic nitrogens is 2. The standard InChI is InChI=1S/C18H19ClN4O2S/c1-2-22-9-12(14-10-26-18(20)21-14)17(24)11-7-16(13(19)8-15(11)22)23-3-5-25-6-4-23/h7-10H,2-6H2,1H3,(H2,20,21). The second-order valence-electron chi connectivity index (χ2n) is 6.15. The number of morpholine rings is 1. The van der Waals surface area contributed by atoms with Crippen LogP contribution in [0.15, 0.2) is 28.5 Å². The Kier molecular flexibility index (Phi) is 4.60. The Hall–Kier alpha value is -2.09. The van der Waals surface area contributed by atoms with Crippen molar-refractivity contribution in [1.29, 1.82) is 0 Å². The molecule has 3 aromatic rings. The Morgan fingerprint density at radius 3 is 2.77 bits per heavy atom. The number of thiazole rings is 1. The minimum atomic E-state index is -0.0545. The highest BCUT2D eigenvalue weighted by Gasteiger charge is 2.19. The maximum absolute atomic E-state index is 13.2. The lowest BCUT2D eigenvalue weighted by molar-refractivity contribution is 0.122. The van der Waals surface area contributed by atoms with Crippen LogP contribution in [0.1, 0.15) is 6.92 Å². The number of nitrogen functional groups attached to an aromatic ring is 1. The van der Waals surface area contributed by atoms with E-state index in [9.17, 15) is 4.79 Å². The fourth-order valence-electron chi connectivity index (χ4n) is 3.30. The van der Waals surface area contributed by atoms with Crippen LogP contribution >= 0.6 is 22.9 Å². The molecule has 1 saturated heterocycles. The topological polar surface area (TPSA) is 73.4 Å². The lowest BCUT2D eigenvalue weighted by Gasteiger charge is -2.30. The quantitative estimate of drug-likeness (QED) is 0.743. The third-order valence-corrected chi connectivity index (χ3v) is 5.62. The van der Waals surface area contributed by atoms with Gasteiger partial charge in [-0.3, -0.25) is 4.79 Å². The van der Waals surface area contributed by atoms with E-state index in [1.54, 1.807) is 0 Å². The Morgan fingerprint density at radius 1 is 1.35 bits per heavy atom. The largest absolute Gasteiger partial charge is 0.378 e. The summed E-state index contributed by atoms with van der Waals surface area (Å²) in [6.45, 7) is 5.59. The van der Waals surface area contributed by atoms with Crippen molar-refractivity contribution in [1.82, 2.24) is 9.55 Å². The van der Waals surface area contributed by atoms with E-state index in [1.165, 1.54) is 11.3 Å². The monoisotopic (exact) mass is 390 g/mol. The van der Waals surface area contributed by atoms with E-state index in [4.69, 9.17) is 22.1 Å². The fraction of sp³-hybridized carbons (Fsp3) is 0.333. The van der Waals surface area contributed by atoms with Gasteiger partial charge in [-0.05, 0) is 19.1 Å². The number of nitrogens with two attached hydrogens (primary N) is 1. The zero-order chi connectivity index (χ0) is 18.3. The van der Waals surface area contributed by atoms with Gasteiger partial charge in [-0.25, -0.2) is 4.98 Å². The summed E-state index contributed by atoms with van der Waals surface area (Å²) in [6.07, 6.45) is 1.84. The molecule has 2 aromatic heterocycles. The minimum absolute atomic E-state index is 0.0545.